The highest BCUT2D eigenvalue weighted by Crippen LogP contribution is 2.00. The van der Waals surface area contributed by atoms with Crippen LogP contribution in [0.4, 0.5) is 0 Å². The van der Waals surface area contributed by atoms with Gasteiger partial charge in [-0.1, -0.05) is 6.07 Å². The molecule has 0 aliphatic heterocycles. The zero-order chi connectivity index (χ0) is 13.5. The van der Waals surface area contributed by atoms with Crippen molar-refractivity contribution in [2.75, 3.05) is 20.6 Å². The molecule has 1 amide bonds. The minimum Gasteiger partial charge on any atom is -0.477 e. The molecule has 1 heterocycles. The van der Waals surface area contributed by atoms with Gasteiger partial charge in [-0.3, -0.25) is 4.79 Å². The number of amides is 1. The molecule has 0 fully saturated rings. The van der Waals surface area contributed by atoms with Crippen molar-refractivity contribution in [3.63, 3.8) is 0 Å². The summed E-state index contributed by atoms with van der Waals surface area (Å²) in [5.74, 6) is -1.09. The third-order valence-electron chi connectivity index (χ3n) is 2.32. The van der Waals surface area contributed by atoms with Gasteiger partial charge in [0.1, 0.15) is 5.69 Å². The number of aromatic nitrogens is 1. The Morgan fingerprint density at radius 1 is 1.39 bits per heavy atom. The van der Waals surface area contributed by atoms with Gasteiger partial charge in [-0.2, -0.15) is 0 Å². The van der Waals surface area contributed by atoms with Gasteiger partial charge in [0.05, 0.1) is 0 Å². The maximum atomic E-state index is 11.4. The minimum absolute atomic E-state index is 0.00214. The second-order valence-corrected chi connectivity index (χ2v) is 4.19. The zero-order valence-electron chi connectivity index (χ0n) is 10.5. The molecule has 18 heavy (non-hydrogen) atoms. The van der Waals surface area contributed by atoms with E-state index in [1.165, 1.54) is 12.3 Å². The Bertz CT molecular complexity index is 415. The van der Waals surface area contributed by atoms with E-state index >= 15 is 0 Å². The highest BCUT2D eigenvalue weighted by atomic mass is 16.4. The van der Waals surface area contributed by atoms with Gasteiger partial charge in [0, 0.05) is 25.7 Å². The second-order valence-electron chi connectivity index (χ2n) is 4.19. The standard InChI is InChI=1S/C12H17N3O3/c1-15(2)6-5-11(16)14-8-9-3-4-10(12(17)18)13-7-9/h3-4,7H,5-6,8H2,1-2H3,(H,14,16)(H,17,18). The molecule has 0 radical (unpaired) electrons. The lowest BCUT2D eigenvalue weighted by molar-refractivity contribution is -0.121. The van der Waals surface area contributed by atoms with Gasteiger partial charge >= 0.3 is 5.97 Å². The van der Waals surface area contributed by atoms with E-state index in [0.717, 1.165) is 5.56 Å². The van der Waals surface area contributed by atoms with Crippen LogP contribution in [0.1, 0.15) is 22.5 Å². The van der Waals surface area contributed by atoms with Crippen LogP contribution in [0.2, 0.25) is 0 Å². The first-order valence-electron chi connectivity index (χ1n) is 5.58. The topological polar surface area (TPSA) is 82.5 Å². The summed E-state index contributed by atoms with van der Waals surface area (Å²) in [6, 6.07) is 3.06. The van der Waals surface area contributed by atoms with Crippen LogP contribution in [0.15, 0.2) is 18.3 Å². The molecule has 0 saturated heterocycles. The highest BCUT2D eigenvalue weighted by molar-refractivity contribution is 5.85. The molecule has 1 aromatic rings. The lowest BCUT2D eigenvalue weighted by Crippen LogP contribution is -2.27. The largest absolute Gasteiger partial charge is 0.477 e. The monoisotopic (exact) mass is 251 g/mol. The number of rotatable bonds is 6. The van der Waals surface area contributed by atoms with E-state index in [0.29, 0.717) is 19.5 Å². The molecule has 0 saturated carbocycles. The molecular formula is C12H17N3O3. The molecule has 0 bridgehead atoms. The second kappa shape index (κ2) is 6.70. The molecule has 0 atom stereocenters. The smallest absolute Gasteiger partial charge is 0.354 e. The van der Waals surface area contributed by atoms with Crippen LogP contribution < -0.4 is 5.32 Å². The molecular weight excluding hydrogens is 234 g/mol. The predicted octanol–water partition coefficient (Wildman–Crippen LogP) is 0.348. The fourth-order valence-electron chi connectivity index (χ4n) is 1.27. The summed E-state index contributed by atoms with van der Waals surface area (Å²) in [6.45, 7) is 1.06. The van der Waals surface area contributed by atoms with Crippen molar-refractivity contribution in [2.45, 2.75) is 13.0 Å². The summed E-state index contributed by atoms with van der Waals surface area (Å²) in [4.78, 5) is 27.7. The maximum absolute atomic E-state index is 11.4. The Morgan fingerprint density at radius 2 is 2.11 bits per heavy atom. The van der Waals surface area contributed by atoms with Crippen LogP contribution in [-0.2, 0) is 11.3 Å². The van der Waals surface area contributed by atoms with Crippen molar-refractivity contribution in [1.82, 2.24) is 15.2 Å². The number of nitrogens with one attached hydrogen (secondary N) is 1. The van der Waals surface area contributed by atoms with Crippen LogP contribution in [0.5, 0.6) is 0 Å². The number of nitrogens with zero attached hydrogens (tertiary/aromatic N) is 2. The van der Waals surface area contributed by atoms with Gasteiger partial charge in [0.2, 0.25) is 5.91 Å². The van der Waals surface area contributed by atoms with E-state index in [4.69, 9.17) is 5.11 Å². The summed E-state index contributed by atoms with van der Waals surface area (Å²) in [7, 11) is 3.81. The Hall–Kier alpha value is -1.95. The number of carbonyl (C=O) groups excluding carboxylic acids is 1. The highest BCUT2D eigenvalue weighted by Gasteiger charge is 2.05. The summed E-state index contributed by atoms with van der Waals surface area (Å²) in [5, 5.41) is 11.4. The molecule has 0 aliphatic rings. The van der Waals surface area contributed by atoms with Gasteiger partial charge in [0.15, 0.2) is 0 Å². The first kappa shape index (κ1) is 14.1. The molecule has 1 aromatic heterocycles. The maximum Gasteiger partial charge on any atom is 0.354 e. The first-order chi connectivity index (χ1) is 8.49. The molecule has 0 aromatic carbocycles. The normalized spacial score (nSPS) is 10.4. The SMILES string of the molecule is CN(C)CCC(=O)NCc1ccc(C(=O)O)nc1. The minimum atomic E-state index is -1.06. The first-order valence-corrected chi connectivity index (χ1v) is 5.58. The van der Waals surface area contributed by atoms with Crippen molar-refractivity contribution >= 4 is 11.9 Å². The Balaban J connectivity index is 2.39. The average molecular weight is 251 g/mol. The molecule has 98 valence electrons. The fraction of sp³-hybridized carbons (Fsp3) is 0.417. The van der Waals surface area contributed by atoms with Gasteiger partial charge in [0.25, 0.3) is 0 Å². The van der Waals surface area contributed by atoms with Gasteiger partial charge in [-0.25, -0.2) is 9.78 Å². The van der Waals surface area contributed by atoms with Gasteiger partial charge in [-0.05, 0) is 25.7 Å². The van der Waals surface area contributed by atoms with Crippen LogP contribution in [-0.4, -0.2) is 47.5 Å². The van der Waals surface area contributed by atoms with E-state index < -0.39 is 5.97 Å². The van der Waals surface area contributed by atoms with Crippen LogP contribution >= 0.6 is 0 Å². The number of hydrogen-bond acceptors (Lipinski definition) is 4. The summed E-state index contributed by atoms with van der Waals surface area (Å²) < 4.78 is 0. The molecule has 1 rings (SSSR count). The van der Waals surface area contributed by atoms with E-state index in [1.54, 1.807) is 6.07 Å². The number of carboxylic acid groups (broad SMARTS) is 1. The Morgan fingerprint density at radius 3 is 2.61 bits per heavy atom. The lowest BCUT2D eigenvalue weighted by atomic mass is 10.2. The molecule has 6 heteroatoms. The third-order valence-corrected chi connectivity index (χ3v) is 2.32. The van der Waals surface area contributed by atoms with E-state index in [1.807, 2.05) is 19.0 Å². The van der Waals surface area contributed by atoms with Crippen molar-refractivity contribution in [2.24, 2.45) is 0 Å². The summed E-state index contributed by atoms with van der Waals surface area (Å²) in [5.41, 5.74) is 0.774. The number of carbonyl (C=O) groups is 2. The average Bonchev–Trinajstić information content (AvgIpc) is 2.34. The van der Waals surface area contributed by atoms with Crippen molar-refractivity contribution in [3.8, 4) is 0 Å². The predicted molar refractivity (Wildman–Crippen MR) is 66.2 cm³/mol. The van der Waals surface area contributed by atoms with Crippen LogP contribution in [0.3, 0.4) is 0 Å². The molecule has 0 aliphatic carbocycles. The lowest BCUT2D eigenvalue weighted by Gasteiger charge is -2.09. The van der Waals surface area contributed by atoms with Crippen molar-refractivity contribution in [1.29, 1.82) is 0 Å². The fourth-order valence-corrected chi connectivity index (χ4v) is 1.27. The molecule has 2 N–H and O–H groups in total. The molecule has 0 spiro atoms. The number of hydrogen-bond donors (Lipinski definition) is 2. The summed E-state index contributed by atoms with van der Waals surface area (Å²) >= 11 is 0. The zero-order valence-corrected chi connectivity index (χ0v) is 10.5. The Labute approximate surface area is 106 Å². The van der Waals surface area contributed by atoms with E-state index in [9.17, 15) is 9.59 Å². The Kier molecular flexibility index (Phi) is 5.26. The van der Waals surface area contributed by atoms with Crippen molar-refractivity contribution in [3.05, 3.63) is 29.6 Å². The van der Waals surface area contributed by atoms with Gasteiger partial charge in [-0.15, -0.1) is 0 Å². The van der Waals surface area contributed by atoms with Crippen molar-refractivity contribution < 1.29 is 14.7 Å². The molecule has 0 unspecified atom stereocenters. The number of aromatic carboxylic acids is 1. The quantitative estimate of drug-likeness (QED) is 0.762. The van der Waals surface area contributed by atoms with Gasteiger partial charge < -0.3 is 15.3 Å². The molecule has 6 nitrogen and oxygen atoms in total. The van der Waals surface area contributed by atoms with E-state index in [-0.39, 0.29) is 11.6 Å². The summed E-state index contributed by atoms with van der Waals surface area (Å²) in [6.07, 6.45) is 1.89. The third kappa shape index (κ3) is 4.92. The van der Waals surface area contributed by atoms with Crippen LogP contribution in [0.25, 0.3) is 0 Å². The van der Waals surface area contributed by atoms with E-state index in [2.05, 4.69) is 10.3 Å². The number of carboxylic acids is 1. The van der Waals surface area contributed by atoms with Crippen LogP contribution in [0, 0.1) is 0 Å². The number of pyridine rings is 1.